The Morgan fingerprint density at radius 3 is 2.00 bits per heavy atom. The normalized spacial score (nSPS) is 35.2. The van der Waals surface area contributed by atoms with Gasteiger partial charge in [0.1, 0.15) is 0 Å². The Balaban J connectivity index is 2.67. The Labute approximate surface area is 71.4 Å². The minimum absolute atomic E-state index is 0.571. The number of rotatable bonds is 0. The third kappa shape index (κ3) is 1.98. The molecule has 1 saturated carbocycles. The molecule has 0 saturated heterocycles. The van der Waals surface area contributed by atoms with Crippen molar-refractivity contribution in [1.29, 1.82) is 0 Å². The van der Waals surface area contributed by atoms with E-state index in [0.717, 1.165) is 5.92 Å². The van der Waals surface area contributed by atoms with Crippen LogP contribution in [-0.2, 0) is 0 Å². The van der Waals surface area contributed by atoms with E-state index in [1.807, 2.05) is 0 Å². The second-order valence-electron chi connectivity index (χ2n) is 5.77. The van der Waals surface area contributed by atoms with Gasteiger partial charge in [-0.05, 0) is 36.0 Å². The SMILES string of the molecule is CC1CCC(C)(C)CC1(C)C. The molecule has 1 atom stereocenters. The van der Waals surface area contributed by atoms with Crippen LogP contribution in [0.4, 0.5) is 0 Å². The summed E-state index contributed by atoms with van der Waals surface area (Å²) in [6.07, 6.45) is 4.22. The second kappa shape index (κ2) is 2.50. The lowest BCUT2D eigenvalue weighted by atomic mass is 9.61. The van der Waals surface area contributed by atoms with Crippen molar-refractivity contribution in [2.24, 2.45) is 16.7 Å². The van der Waals surface area contributed by atoms with Gasteiger partial charge in [0.2, 0.25) is 0 Å². The smallest absolute Gasteiger partial charge is 0.0323 e. The molecule has 0 aromatic rings. The molecule has 0 bridgehead atoms. The maximum atomic E-state index is 2.42. The summed E-state index contributed by atoms with van der Waals surface area (Å²) in [5.74, 6) is 0.913. The molecule has 0 aliphatic heterocycles. The van der Waals surface area contributed by atoms with E-state index in [1.54, 1.807) is 0 Å². The minimum atomic E-state index is 0.571. The molecule has 66 valence electrons. The molecule has 1 aliphatic rings. The molecule has 0 aromatic heterocycles. The van der Waals surface area contributed by atoms with Crippen molar-refractivity contribution < 1.29 is 0 Å². The first-order valence-corrected chi connectivity index (χ1v) is 4.83. The average molecular weight is 154 g/mol. The highest BCUT2D eigenvalue weighted by atomic mass is 14.4. The largest absolute Gasteiger partial charge is 0.0620 e. The molecule has 11 heavy (non-hydrogen) atoms. The van der Waals surface area contributed by atoms with Crippen LogP contribution in [-0.4, -0.2) is 0 Å². The van der Waals surface area contributed by atoms with Gasteiger partial charge in [-0.1, -0.05) is 34.6 Å². The molecule has 1 aliphatic carbocycles. The first kappa shape index (κ1) is 9.09. The van der Waals surface area contributed by atoms with Gasteiger partial charge in [0.05, 0.1) is 0 Å². The Hall–Kier alpha value is 0. The molecule has 1 fully saturated rings. The van der Waals surface area contributed by atoms with Crippen LogP contribution in [0, 0.1) is 16.7 Å². The van der Waals surface area contributed by atoms with Gasteiger partial charge in [-0.2, -0.15) is 0 Å². The molecular formula is C11H22. The van der Waals surface area contributed by atoms with Crippen LogP contribution < -0.4 is 0 Å². The molecular weight excluding hydrogens is 132 g/mol. The fourth-order valence-electron chi connectivity index (χ4n) is 2.49. The lowest BCUT2D eigenvalue weighted by Crippen LogP contribution is -2.34. The van der Waals surface area contributed by atoms with Crippen molar-refractivity contribution in [2.75, 3.05) is 0 Å². The van der Waals surface area contributed by atoms with Gasteiger partial charge in [-0.25, -0.2) is 0 Å². The van der Waals surface area contributed by atoms with Gasteiger partial charge >= 0.3 is 0 Å². The standard InChI is InChI=1S/C11H22/c1-9-6-7-10(2,3)8-11(9,4)5/h9H,6-8H2,1-5H3. The van der Waals surface area contributed by atoms with Crippen LogP contribution in [0.2, 0.25) is 0 Å². The summed E-state index contributed by atoms with van der Waals surface area (Å²) in [5.41, 5.74) is 1.16. The molecule has 1 rings (SSSR count). The van der Waals surface area contributed by atoms with Crippen LogP contribution in [0.25, 0.3) is 0 Å². The summed E-state index contributed by atoms with van der Waals surface area (Å²) < 4.78 is 0. The Bertz CT molecular complexity index is 142. The van der Waals surface area contributed by atoms with Crippen molar-refractivity contribution in [3.8, 4) is 0 Å². The number of hydrogen-bond donors (Lipinski definition) is 0. The Morgan fingerprint density at radius 2 is 1.64 bits per heavy atom. The molecule has 1 unspecified atom stereocenters. The highest BCUT2D eigenvalue weighted by Gasteiger charge is 2.37. The van der Waals surface area contributed by atoms with Crippen LogP contribution in [0.3, 0.4) is 0 Å². The van der Waals surface area contributed by atoms with E-state index in [4.69, 9.17) is 0 Å². The summed E-state index contributed by atoms with van der Waals surface area (Å²) in [7, 11) is 0. The predicted octanol–water partition coefficient (Wildman–Crippen LogP) is 3.86. The molecule has 0 N–H and O–H groups in total. The van der Waals surface area contributed by atoms with E-state index in [9.17, 15) is 0 Å². The predicted molar refractivity (Wildman–Crippen MR) is 50.6 cm³/mol. The first-order valence-electron chi connectivity index (χ1n) is 4.83. The van der Waals surface area contributed by atoms with Crippen molar-refractivity contribution >= 4 is 0 Å². The molecule has 0 aromatic carbocycles. The second-order valence-corrected chi connectivity index (χ2v) is 5.77. The summed E-state index contributed by atoms with van der Waals surface area (Å²) in [6.45, 7) is 12.0. The average Bonchev–Trinajstić information content (AvgIpc) is 1.77. The van der Waals surface area contributed by atoms with Gasteiger partial charge in [0.25, 0.3) is 0 Å². The molecule has 0 nitrogen and oxygen atoms in total. The summed E-state index contributed by atoms with van der Waals surface area (Å²) in [4.78, 5) is 0. The van der Waals surface area contributed by atoms with Crippen LogP contribution in [0.15, 0.2) is 0 Å². The van der Waals surface area contributed by atoms with E-state index in [-0.39, 0.29) is 0 Å². The molecule has 0 heterocycles. The zero-order chi connectivity index (χ0) is 8.70. The molecule has 0 spiro atoms. The third-order valence-electron chi connectivity index (χ3n) is 3.52. The van der Waals surface area contributed by atoms with E-state index < -0.39 is 0 Å². The highest BCUT2D eigenvalue weighted by Crippen LogP contribution is 2.48. The fraction of sp³-hybridized carbons (Fsp3) is 1.00. The highest BCUT2D eigenvalue weighted by molar-refractivity contribution is 4.88. The summed E-state index contributed by atoms with van der Waals surface area (Å²) in [6, 6.07) is 0. The van der Waals surface area contributed by atoms with Crippen molar-refractivity contribution in [1.82, 2.24) is 0 Å². The van der Waals surface area contributed by atoms with Gasteiger partial charge < -0.3 is 0 Å². The van der Waals surface area contributed by atoms with E-state index >= 15 is 0 Å². The van der Waals surface area contributed by atoms with Crippen molar-refractivity contribution in [2.45, 2.75) is 53.9 Å². The fourth-order valence-corrected chi connectivity index (χ4v) is 2.49. The van der Waals surface area contributed by atoms with Crippen LogP contribution in [0.5, 0.6) is 0 Å². The maximum Gasteiger partial charge on any atom is -0.0323 e. The Kier molecular flexibility index (Phi) is 2.07. The lowest BCUT2D eigenvalue weighted by Gasteiger charge is -2.45. The van der Waals surface area contributed by atoms with Crippen LogP contribution in [0.1, 0.15) is 53.9 Å². The van der Waals surface area contributed by atoms with E-state index in [0.29, 0.717) is 10.8 Å². The zero-order valence-electron chi connectivity index (χ0n) is 8.70. The van der Waals surface area contributed by atoms with Gasteiger partial charge in [-0.15, -0.1) is 0 Å². The number of hydrogen-bond acceptors (Lipinski definition) is 0. The van der Waals surface area contributed by atoms with Crippen molar-refractivity contribution in [3.05, 3.63) is 0 Å². The van der Waals surface area contributed by atoms with Gasteiger partial charge in [0, 0.05) is 0 Å². The van der Waals surface area contributed by atoms with Crippen LogP contribution >= 0.6 is 0 Å². The zero-order valence-corrected chi connectivity index (χ0v) is 8.70. The lowest BCUT2D eigenvalue weighted by molar-refractivity contribution is 0.0591. The summed E-state index contributed by atoms with van der Waals surface area (Å²) in [5, 5.41) is 0. The Morgan fingerprint density at radius 1 is 1.09 bits per heavy atom. The topological polar surface area (TPSA) is 0 Å². The minimum Gasteiger partial charge on any atom is -0.0620 e. The quantitative estimate of drug-likeness (QED) is 0.497. The van der Waals surface area contributed by atoms with Gasteiger partial charge in [0.15, 0.2) is 0 Å². The van der Waals surface area contributed by atoms with Gasteiger partial charge in [-0.3, -0.25) is 0 Å². The first-order chi connectivity index (χ1) is 4.83. The summed E-state index contributed by atoms with van der Waals surface area (Å²) >= 11 is 0. The third-order valence-corrected chi connectivity index (χ3v) is 3.52. The molecule has 0 heteroatoms. The van der Waals surface area contributed by atoms with E-state index in [2.05, 4.69) is 34.6 Å². The maximum absolute atomic E-state index is 2.42. The monoisotopic (exact) mass is 154 g/mol. The molecule has 0 radical (unpaired) electrons. The molecule has 0 amide bonds. The van der Waals surface area contributed by atoms with E-state index in [1.165, 1.54) is 19.3 Å². The van der Waals surface area contributed by atoms with Crippen molar-refractivity contribution in [3.63, 3.8) is 0 Å².